The molecule has 3 nitrogen and oxygen atoms in total. The van der Waals surface area contributed by atoms with Crippen LogP contribution in [0, 0.1) is 11.7 Å². The van der Waals surface area contributed by atoms with Crippen molar-refractivity contribution in [2.24, 2.45) is 11.7 Å². The van der Waals surface area contributed by atoms with Crippen LogP contribution in [0.1, 0.15) is 24.4 Å². The first-order valence-electron chi connectivity index (χ1n) is 7.04. The monoisotopic (exact) mass is 300 g/mol. The summed E-state index contributed by atoms with van der Waals surface area (Å²) in [4.78, 5) is 2.09. The Morgan fingerprint density at radius 2 is 2.25 bits per heavy atom. The van der Waals surface area contributed by atoms with Crippen molar-refractivity contribution in [1.29, 1.82) is 0 Å². The first-order valence-corrected chi connectivity index (χ1v) is 7.42. The smallest absolute Gasteiger partial charge is 0.142 e. The van der Waals surface area contributed by atoms with Crippen LogP contribution in [0.2, 0.25) is 5.02 Å². The van der Waals surface area contributed by atoms with Gasteiger partial charge in [-0.25, -0.2) is 4.39 Å². The van der Waals surface area contributed by atoms with E-state index in [-0.39, 0.29) is 11.1 Å². The molecule has 0 aliphatic heterocycles. The second-order valence-corrected chi connectivity index (χ2v) is 5.83. The van der Waals surface area contributed by atoms with E-state index in [1.807, 2.05) is 13.1 Å². The molecule has 0 saturated heterocycles. The lowest BCUT2D eigenvalue weighted by Gasteiger charge is -2.27. The lowest BCUT2D eigenvalue weighted by atomic mass is 10.1. The maximum atomic E-state index is 13.5. The molecule has 20 heavy (non-hydrogen) atoms. The van der Waals surface area contributed by atoms with Crippen LogP contribution >= 0.6 is 11.6 Å². The quantitative estimate of drug-likeness (QED) is 0.750. The SMILES string of the molecule is CN(CCOCC1CC1)C(CN)c1ccc(Cl)c(F)c1. The van der Waals surface area contributed by atoms with Gasteiger partial charge in [-0.1, -0.05) is 17.7 Å². The molecular weight excluding hydrogens is 279 g/mol. The molecule has 1 aromatic carbocycles. The highest BCUT2D eigenvalue weighted by Crippen LogP contribution is 2.28. The van der Waals surface area contributed by atoms with E-state index in [1.54, 1.807) is 6.07 Å². The highest BCUT2D eigenvalue weighted by atomic mass is 35.5. The van der Waals surface area contributed by atoms with Gasteiger partial charge in [0.2, 0.25) is 0 Å². The molecule has 1 aliphatic carbocycles. The molecule has 5 heteroatoms. The summed E-state index contributed by atoms with van der Waals surface area (Å²) >= 11 is 5.71. The number of benzene rings is 1. The maximum Gasteiger partial charge on any atom is 0.142 e. The van der Waals surface area contributed by atoms with Gasteiger partial charge in [-0.15, -0.1) is 0 Å². The molecule has 0 bridgehead atoms. The molecule has 0 radical (unpaired) electrons. The second kappa shape index (κ2) is 7.36. The van der Waals surface area contributed by atoms with Gasteiger partial charge in [-0.2, -0.15) is 0 Å². The zero-order valence-corrected chi connectivity index (χ0v) is 12.6. The van der Waals surface area contributed by atoms with Gasteiger partial charge in [0.1, 0.15) is 5.82 Å². The molecule has 2 N–H and O–H groups in total. The van der Waals surface area contributed by atoms with Crippen LogP contribution in [0.15, 0.2) is 18.2 Å². The van der Waals surface area contributed by atoms with Crippen LogP contribution in [0.4, 0.5) is 4.39 Å². The summed E-state index contributed by atoms with van der Waals surface area (Å²) < 4.78 is 19.1. The van der Waals surface area contributed by atoms with Crippen molar-refractivity contribution in [3.63, 3.8) is 0 Å². The Morgan fingerprint density at radius 1 is 1.50 bits per heavy atom. The minimum absolute atomic E-state index is 0.0220. The van der Waals surface area contributed by atoms with Gasteiger partial charge in [0, 0.05) is 25.7 Å². The van der Waals surface area contributed by atoms with Crippen LogP contribution in [0.25, 0.3) is 0 Å². The largest absolute Gasteiger partial charge is 0.380 e. The third-order valence-electron chi connectivity index (χ3n) is 3.72. The normalized spacial score (nSPS) is 16.6. The Balaban J connectivity index is 1.86. The number of ether oxygens (including phenoxy) is 1. The van der Waals surface area contributed by atoms with Gasteiger partial charge < -0.3 is 10.5 Å². The van der Waals surface area contributed by atoms with E-state index in [2.05, 4.69) is 4.90 Å². The number of rotatable bonds is 8. The minimum atomic E-state index is -0.402. The van der Waals surface area contributed by atoms with E-state index in [4.69, 9.17) is 22.1 Å². The number of nitrogens with two attached hydrogens (primary N) is 1. The molecule has 0 heterocycles. The molecule has 112 valence electrons. The van der Waals surface area contributed by atoms with E-state index in [1.165, 1.54) is 18.9 Å². The summed E-state index contributed by atoms with van der Waals surface area (Å²) in [7, 11) is 1.98. The van der Waals surface area contributed by atoms with Crippen LogP contribution in [0.3, 0.4) is 0 Å². The summed E-state index contributed by atoms with van der Waals surface area (Å²) in [6.07, 6.45) is 2.59. The standard InChI is InChI=1S/C15H22ClFN2O/c1-19(6-7-20-10-11-2-3-11)15(9-18)12-4-5-13(16)14(17)8-12/h4-5,8,11,15H,2-3,6-7,9-10,18H2,1H3. The van der Waals surface area contributed by atoms with Gasteiger partial charge >= 0.3 is 0 Å². The number of nitrogens with zero attached hydrogens (tertiary/aromatic N) is 1. The topological polar surface area (TPSA) is 38.5 Å². The first kappa shape index (κ1) is 15.7. The Hall–Kier alpha value is -0.680. The van der Waals surface area contributed by atoms with Gasteiger partial charge in [-0.3, -0.25) is 4.90 Å². The van der Waals surface area contributed by atoms with Crippen molar-refractivity contribution in [1.82, 2.24) is 4.90 Å². The number of hydrogen-bond acceptors (Lipinski definition) is 3. The summed E-state index contributed by atoms with van der Waals surface area (Å²) in [5.74, 6) is 0.372. The Kier molecular flexibility index (Phi) is 5.78. The maximum absolute atomic E-state index is 13.5. The van der Waals surface area contributed by atoms with Crippen molar-refractivity contribution in [2.75, 3.05) is 33.4 Å². The highest BCUT2D eigenvalue weighted by molar-refractivity contribution is 6.30. The molecular formula is C15H22ClFN2O. The van der Waals surface area contributed by atoms with Crippen molar-refractivity contribution in [3.8, 4) is 0 Å². The molecule has 1 aromatic rings. The predicted molar refractivity (Wildman–Crippen MR) is 79.4 cm³/mol. The van der Waals surface area contributed by atoms with Gasteiger partial charge in [-0.05, 0) is 43.5 Å². The van der Waals surface area contributed by atoms with E-state index >= 15 is 0 Å². The molecule has 0 amide bonds. The predicted octanol–water partition coefficient (Wildman–Crippen LogP) is 2.84. The number of likely N-dealkylation sites (N-methyl/N-ethyl adjacent to an activating group) is 1. The lowest BCUT2D eigenvalue weighted by Crippen LogP contribution is -2.33. The molecule has 0 aromatic heterocycles. The molecule has 0 spiro atoms. The summed E-state index contributed by atoms with van der Waals surface area (Å²) in [6.45, 7) is 2.75. The van der Waals surface area contributed by atoms with Crippen LogP contribution in [0.5, 0.6) is 0 Å². The zero-order valence-electron chi connectivity index (χ0n) is 11.8. The molecule has 1 atom stereocenters. The van der Waals surface area contributed by atoms with E-state index in [0.717, 1.165) is 24.6 Å². The summed E-state index contributed by atoms with van der Waals surface area (Å²) in [5, 5.41) is 0.139. The minimum Gasteiger partial charge on any atom is -0.380 e. The van der Waals surface area contributed by atoms with Crippen molar-refractivity contribution >= 4 is 11.6 Å². The first-order chi connectivity index (χ1) is 9.61. The van der Waals surface area contributed by atoms with Crippen molar-refractivity contribution in [3.05, 3.63) is 34.6 Å². The average molecular weight is 301 g/mol. The Morgan fingerprint density at radius 3 is 2.85 bits per heavy atom. The third-order valence-corrected chi connectivity index (χ3v) is 4.03. The van der Waals surface area contributed by atoms with Gasteiger partial charge in [0.15, 0.2) is 0 Å². The highest BCUT2D eigenvalue weighted by Gasteiger charge is 2.21. The van der Waals surface area contributed by atoms with Gasteiger partial charge in [0.25, 0.3) is 0 Å². The fourth-order valence-electron chi connectivity index (χ4n) is 2.19. The fraction of sp³-hybridized carbons (Fsp3) is 0.600. The molecule has 1 aliphatic rings. The zero-order chi connectivity index (χ0) is 14.5. The molecule has 1 fully saturated rings. The summed E-state index contributed by atoms with van der Waals surface area (Å²) in [5.41, 5.74) is 6.66. The van der Waals surface area contributed by atoms with Crippen LogP contribution in [-0.2, 0) is 4.74 Å². The average Bonchev–Trinajstić information content (AvgIpc) is 3.24. The lowest BCUT2D eigenvalue weighted by molar-refractivity contribution is 0.0922. The number of hydrogen-bond donors (Lipinski definition) is 1. The Labute approximate surface area is 124 Å². The van der Waals surface area contributed by atoms with Crippen LogP contribution < -0.4 is 5.73 Å². The van der Waals surface area contributed by atoms with Crippen molar-refractivity contribution in [2.45, 2.75) is 18.9 Å². The number of halogens is 2. The summed E-state index contributed by atoms with van der Waals surface area (Å²) in [6, 6.07) is 4.84. The van der Waals surface area contributed by atoms with E-state index in [9.17, 15) is 4.39 Å². The molecule has 2 rings (SSSR count). The van der Waals surface area contributed by atoms with E-state index in [0.29, 0.717) is 13.2 Å². The van der Waals surface area contributed by atoms with Crippen molar-refractivity contribution < 1.29 is 9.13 Å². The fourth-order valence-corrected chi connectivity index (χ4v) is 2.31. The van der Waals surface area contributed by atoms with Crippen LogP contribution in [-0.4, -0.2) is 38.3 Å². The van der Waals surface area contributed by atoms with Gasteiger partial charge in [0.05, 0.1) is 11.6 Å². The molecule has 1 saturated carbocycles. The third kappa shape index (κ3) is 4.42. The van der Waals surface area contributed by atoms with E-state index < -0.39 is 5.82 Å². The second-order valence-electron chi connectivity index (χ2n) is 5.42. The molecule has 1 unspecified atom stereocenters. The Bertz CT molecular complexity index is 440.